The third-order valence-corrected chi connectivity index (χ3v) is 7.71. The number of nitrogens with zero attached hydrogens (tertiary/aromatic N) is 2. The van der Waals surface area contributed by atoms with Crippen LogP contribution in [0, 0.1) is 0 Å². The molecule has 22 nitrogen and oxygen atoms in total. The Hall–Kier alpha value is -6.74. The Balaban J connectivity index is 1.49. The van der Waals surface area contributed by atoms with E-state index in [1.165, 1.54) is 29.2 Å². The minimum absolute atomic E-state index is 0.00558. The molecule has 0 saturated carbocycles. The first-order valence-corrected chi connectivity index (χ1v) is 15.6. The number of benzene rings is 1. The number of hydrogen-bond donors (Lipinski definition) is 11. The fourth-order valence-electron chi connectivity index (χ4n) is 4.99. The molecule has 0 unspecified atom stereocenters. The normalized spacial score (nSPS) is 15.0. The van der Waals surface area contributed by atoms with E-state index in [2.05, 4.69) is 36.6 Å². The molecule has 0 spiro atoms. The number of rotatable bonds is 20. The van der Waals surface area contributed by atoms with E-state index in [0.717, 1.165) is 0 Å². The second-order valence-corrected chi connectivity index (χ2v) is 11.4. The molecule has 2 aromatic rings. The number of carboxylic acids is 4. The van der Waals surface area contributed by atoms with Crippen LogP contribution < -0.4 is 42.8 Å². The van der Waals surface area contributed by atoms with Gasteiger partial charge < -0.3 is 57.6 Å². The first-order valence-electron chi connectivity index (χ1n) is 15.6. The monoisotopic (exact) mass is 731 g/mol. The van der Waals surface area contributed by atoms with Crippen molar-refractivity contribution in [3.8, 4) is 0 Å². The third-order valence-electron chi connectivity index (χ3n) is 7.71. The zero-order chi connectivity index (χ0) is 38.5. The number of carbonyl (C=O) groups excluding carboxylic acids is 4. The molecule has 4 amide bonds. The number of carbonyl (C=O) groups is 8. The molecule has 3 rings (SSSR count). The summed E-state index contributed by atoms with van der Waals surface area (Å²) in [6.07, 6.45) is -2.40. The van der Waals surface area contributed by atoms with E-state index < -0.39 is 110 Å². The lowest BCUT2D eigenvalue weighted by Crippen LogP contribution is -2.50. The average Bonchev–Trinajstić information content (AvgIpc) is 3.08. The van der Waals surface area contributed by atoms with E-state index in [1.54, 1.807) is 0 Å². The number of hydrogen-bond acceptors (Lipinski definition) is 13. The van der Waals surface area contributed by atoms with Crippen molar-refractivity contribution in [3.63, 3.8) is 0 Å². The maximum atomic E-state index is 12.8. The molecule has 0 fully saturated rings. The van der Waals surface area contributed by atoms with Crippen LogP contribution in [0.4, 0.5) is 23.1 Å². The number of nitrogens with two attached hydrogens (primary N) is 1. The number of nitrogens with one attached hydrogen (secondary N) is 6. The van der Waals surface area contributed by atoms with Gasteiger partial charge in [0.1, 0.15) is 18.1 Å². The highest BCUT2D eigenvalue weighted by Crippen LogP contribution is 2.25. The minimum atomic E-state index is -1.60. The summed E-state index contributed by atoms with van der Waals surface area (Å²) < 4.78 is 0. The van der Waals surface area contributed by atoms with Crippen molar-refractivity contribution in [1.29, 1.82) is 0 Å². The Morgan fingerprint density at radius 1 is 0.846 bits per heavy atom. The van der Waals surface area contributed by atoms with Gasteiger partial charge >= 0.3 is 23.9 Å². The van der Waals surface area contributed by atoms with Crippen LogP contribution in [0.15, 0.2) is 29.1 Å². The van der Waals surface area contributed by atoms with E-state index in [0.29, 0.717) is 12.1 Å². The molecule has 1 aliphatic rings. The summed E-state index contributed by atoms with van der Waals surface area (Å²) >= 11 is 0. The van der Waals surface area contributed by atoms with Gasteiger partial charge in [0.15, 0.2) is 11.5 Å². The predicted octanol–water partition coefficient (Wildman–Crippen LogP) is -2.03. The van der Waals surface area contributed by atoms with E-state index >= 15 is 0 Å². The Kier molecular flexibility index (Phi) is 14.0. The van der Waals surface area contributed by atoms with Crippen LogP contribution in [0.5, 0.6) is 0 Å². The fourth-order valence-corrected chi connectivity index (χ4v) is 4.99. The number of fused-ring (bicyclic) bond motifs is 1. The predicted molar refractivity (Wildman–Crippen MR) is 178 cm³/mol. The summed E-state index contributed by atoms with van der Waals surface area (Å²) in [7, 11) is 0. The van der Waals surface area contributed by atoms with Gasteiger partial charge in [-0.15, -0.1) is 0 Å². The van der Waals surface area contributed by atoms with Crippen LogP contribution in [0.1, 0.15) is 48.9 Å². The highest BCUT2D eigenvalue weighted by Gasteiger charge is 2.30. The van der Waals surface area contributed by atoms with Crippen molar-refractivity contribution in [1.82, 2.24) is 25.9 Å². The van der Waals surface area contributed by atoms with Gasteiger partial charge in [0, 0.05) is 43.6 Å². The van der Waals surface area contributed by atoms with Gasteiger partial charge in [-0.05, 0) is 43.5 Å². The maximum absolute atomic E-state index is 12.8. The SMILES string of the molecule is Nc1nc2c(c(=O)[nH]1)N(C=O)[C@H](CNc1ccc(C(=O)N[C@H](CCC(=O)N[C@@H](CCC(=O)N[C@H](CCC(=O)O)C(=O)O)C(=O)O)C(=O)O)cc1)CN2. The Morgan fingerprint density at radius 3 is 1.87 bits per heavy atom. The molecule has 0 aliphatic carbocycles. The van der Waals surface area contributed by atoms with Crippen molar-refractivity contribution >= 4 is 71.1 Å². The van der Waals surface area contributed by atoms with Crippen LogP contribution in [0.3, 0.4) is 0 Å². The first-order chi connectivity index (χ1) is 24.6. The molecule has 1 aliphatic heterocycles. The molecule has 2 heterocycles. The van der Waals surface area contributed by atoms with E-state index in [9.17, 15) is 53.4 Å². The lowest BCUT2D eigenvalue weighted by atomic mass is 10.1. The second kappa shape index (κ2) is 18.3. The Labute approximate surface area is 293 Å². The van der Waals surface area contributed by atoms with E-state index in [-0.39, 0.29) is 36.1 Å². The lowest BCUT2D eigenvalue weighted by Gasteiger charge is -2.34. The quantitative estimate of drug-likeness (QED) is 0.0654. The van der Waals surface area contributed by atoms with Crippen molar-refractivity contribution < 1.29 is 58.8 Å². The number of carboxylic acid groups (broad SMARTS) is 4. The molecule has 1 aromatic heterocycles. The van der Waals surface area contributed by atoms with Crippen molar-refractivity contribution in [2.45, 2.75) is 62.7 Å². The zero-order valence-corrected chi connectivity index (χ0v) is 27.3. The number of H-pyrrole nitrogens is 1. The van der Waals surface area contributed by atoms with Crippen LogP contribution in [0.25, 0.3) is 0 Å². The molecule has 0 bridgehead atoms. The molecule has 22 heteroatoms. The average molecular weight is 732 g/mol. The highest BCUT2D eigenvalue weighted by atomic mass is 16.4. The van der Waals surface area contributed by atoms with Gasteiger partial charge in [-0.2, -0.15) is 4.98 Å². The van der Waals surface area contributed by atoms with Crippen molar-refractivity contribution in [2.24, 2.45) is 0 Å². The number of anilines is 4. The molecule has 1 aromatic carbocycles. The van der Waals surface area contributed by atoms with Gasteiger partial charge in [-0.3, -0.25) is 33.8 Å². The summed E-state index contributed by atoms with van der Waals surface area (Å²) in [5.41, 5.74) is 5.55. The number of amides is 4. The number of aromatic nitrogens is 2. The van der Waals surface area contributed by atoms with E-state index in [4.69, 9.17) is 15.9 Å². The minimum Gasteiger partial charge on any atom is -0.481 e. The number of aromatic amines is 1. The molecule has 0 radical (unpaired) electrons. The first kappa shape index (κ1) is 39.7. The van der Waals surface area contributed by atoms with Gasteiger partial charge in [-0.25, -0.2) is 14.4 Å². The molecule has 52 heavy (non-hydrogen) atoms. The standard InChI is InChI=1S/C30H37N9O13/c31-30-37-24-23(26(46)38-30)39(13-40)16(12-33-24)11-32-15-3-1-14(2-4-15)25(45)36-19(29(51)52)6-9-21(42)34-17(27(47)48)5-8-20(41)35-18(28(49)50)7-10-22(43)44/h1-4,13,16-19,32H,5-12H2,(H,34,42)(H,35,41)(H,36,45)(H,43,44)(H,47,48)(H,49,50)(H,51,52)(H4,31,33,37,38,46)/t16-,17+,18-,19-/m1/s1. The highest BCUT2D eigenvalue weighted by molar-refractivity contribution is 5.97. The summed E-state index contributed by atoms with van der Waals surface area (Å²) in [5.74, 6) is -8.30. The largest absolute Gasteiger partial charge is 0.481 e. The Bertz CT molecular complexity index is 1750. The summed E-state index contributed by atoms with van der Waals surface area (Å²) in [6.45, 7) is 0.420. The van der Waals surface area contributed by atoms with Crippen molar-refractivity contribution in [3.05, 3.63) is 40.2 Å². The second-order valence-electron chi connectivity index (χ2n) is 11.4. The number of aliphatic carboxylic acids is 4. The summed E-state index contributed by atoms with van der Waals surface area (Å²) in [6, 6.07) is 0.651. The fraction of sp³-hybridized carbons (Fsp3) is 0.400. The molecule has 12 N–H and O–H groups in total. The van der Waals surface area contributed by atoms with Crippen molar-refractivity contribution in [2.75, 3.05) is 34.4 Å². The van der Waals surface area contributed by atoms with E-state index in [1.807, 2.05) is 0 Å². The summed E-state index contributed by atoms with van der Waals surface area (Å²) in [5, 5.41) is 49.5. The molecular formula is C30H37N9O13. The molecular weight excluding hydrogens is 694 g/mol. The number of nitrogen functional groups attached to an aromatic ring is 1. The smallest absolute Gasteiger partial charge is 0.326 e. The van der Waals surface area contributed by atoms with Gasteiger partial charge in [0.05, 0.1) is 6.04 Å². The van der Waals surface area contributed by atoms with Crippen LogP contribution in [-0.4, -0.2) is 116 Å². The Morgan fingerprint density at radius 2 is 1.37 bits per heavy atom. The van der Waals surface area contributed by atoms with Gasteiger partial charge in [0.2, 0.25) is 24.2 Å². The van der Waals surface area contributed by atoms with Gasteiger partial charge in [0.25, 0.3) is 11.5 Å². The third kappa shape index (κ3) is 11.4. The molecule has 0 saturated heterocycles. The summed E-state index contributed by atoms with van der Waals surface area (Å²) in [4.78, 5) is 115. The topological polar surface area (TPSA) is 353 Å². The molecule has 4 atom stereocenters. The molecule has 280 valence electrons. The van der Waals surface area contributed by atoms with Gasteiger partial charge in [-0.1, -0.05) is 0 Å². The van der Waals surface area contributed by atoms with Crippen LogP contribution in [-0.2, 0) is 33.6 Å². The lowest BCUT2D eigenvalue weighted by molar-refractivity contribution is -0.144. The maximum Gasteiger partial charge on any atom is 0.326 e. The zero-order valence-electron chi connectivity index (χ0n) is 27.3. The van der Waals surface area contributed by atoms with Crippen LogP contribution >= 0.6 is 0 Å². The van der Waals surface area contributed by atoms with Crippen LogP contribution in [0.2, 0.25) is 0 Å².